The highest BCUT2D eigenvalue weighted by atomic mass is 16.5. The molecule has 1 aromatic carbocycles. The summed E-state index contributed by atoms with van der Waals surface area (Å²) >= 11 is 0. The van der Waals surface area contributed by atoms with Crippen LogP contribution in [-0.4, -0.2) is 32.0 Å². The molecule has 2 heterocycles. The zero-order valence-corrected chi connectivity index (χ0v) is 12.6. The highest BCUT2D eigenvalue weighted by Crippen LogP contribution is 2.57. The van der Waals surface area contributed by atoms with Gasteiger partial charge in [-0.25, -0.2) is 0 Å². The largest absolute Gasteiger partial charge is 0.493 e. The third kappa shape index (κ3) is 1.54. The first-order valence-electron chi connectivity index (χ1n) is 7.43. The first kappa shape index (κ1) is 13.4. The SMILES string of the molecule is COc1ccc2c3c1OC1CC(=O)C=CC31CCC(=O)N2C. The van der Waals surface area contributed by atoms with E-state index in [-0.39, 0.29) is 17.8 Å². The van der Waals surface area contributed by atoms with Crippen molar-refractivity contribution in [2.75, 3.05) is 19.1 Å². The zero-order chi connectivity index (χ0) is 15.5. The quantitative estimate of drug-likeness (QED) is 0.795. The van der Waals surface area contributed by atoms with E-state index in [2.05, 4.69) is 0 Å². The van der Waals surface area contributed by atoms with E-state index in [9.17, 15) is 9.59 Å². The third-order valence-corrected chi connectivity index (χ3v) is 5.06. The lowest BCUT2D eigenvalue weighted by Crippen LogP contribution is -2.40. The molecular weight excluding hydrogens is 282 g/mol. The molecule has 0 fully saturated rings. The highest BCUT2D eigenvalue weighted by Gasteiger charge is 2.53. The van der Waals surface area contributed by atoms with Crippen molar-refractivity contribution in [3.8, 4) is 11.5 Å². The number of ether oxygens (including phenoxy) is 2. The average Bonchev–Trinajstić information content (AvgIpc) is 2.80. The number of rotatable bonds is 1. The Morgan fingerprint density at radius 1 is 1.36 bits per heavy atom. The molecule has 2 unspecified atom stereocenters. The fraction of sp³-hybridized carbons (Fsp3) is 0.412. The number of hydrogen-bond donors (Lipinski definition) is 0. The van der Waals surface area contributed by atoms with Crippen LogP contribution < -0.4 is 14.4 Å². The van der Waals surface area contributed by atoms with Gasteiger partial charge in [0.15, 0.2) is 17.3 Å². The van der Waals surface area contributed by atoms with Gasteiger partial charge < -0.3 is 14.4 Å². The minimum atomic E-state index is -0.409. The molecule has 3 aliphatic rings. The maximum Gasteiger partial charge on any atom is 0.226 e. The monoisotopic (exact) mass is 299 g/mol. The molecule has 2 aliphatic heterocycles. The van der Waals surface area contributed by atoms with Gasteiger partial charge in [0.05, 0.1) is 18.2 Å². The maximum atomic E-state index is 12.3. The van der Waals surface area contributed by atoms with E-state index in [0.717, 1.165) is 11.3 Å². The molecule has 5 nitrogen and oxygen atoms in total. The molecule has 22 heavy (non-hydrogen) atoms. The molecule has 0 saturated carbocycles. The molecule has 0 radical (unpaired) electrons. The van der Waals surface area contributed by atoms with Gasteiger partial charge in [0, 0.05) is 25.5 Å². The average molecular weight is 299 g/mol. The van der Waals surface area contributed by atoms with Gasteiger partial charge in [-0.3, -0.25) is 9.59 Å². The Balaban J connectivity index is 2.02. The Morgan fingerprint density at radius 3 is 2.95 bits per heavy atom. The van der Waals surface area contributed by atoms with Gasteiger partial charge in [0.2, 0.25) is 5.91 Å². The van der Waals surface area contributed by atoms with E-state index in [4.69, 9.17) is 9.47 Å². The molecule has 0 saturated heterocycles. The summed E-state index contributed by atoms with van der Waals surface area (Å²) in [6, 6.07) is 3.72. The Morgan fingerprint density at radius 2 is 2.18 bits per heavy atom. The lowest BCUT2D eigenvalue weighted by atomic mass is 9.69. The van der Waals surface area contributed by atoms with Gasteiger partial charge in [0.25, 0.3) is 0 Å². The number of anilines is 1. The van der Waals surface area contributed by atoms with Crippen molar-refractivity contribution < 1.29 is 19.1 Å². The van der Waals surface area contributed by atoms with Crippen molar-refractivity contribution in [1.29, 1.82) is 0 Å². The Hall–Kier alpha value is -2.30. The van der Waals surface area contributed by atoms with Crippen LogP contribution in [0.1, 0.15) is 24.8 Å². The van der Waals surface area contributed by atoms with Crippen LogP contribution in [0.4, 0.5) is 5.69 Å². The van der Waals surface area contributed by atoms with Gasteiger partial charge in [0.1, 0.15) is 6.10 Å². The van der Waals surface area contributed by atoms with Crippen molar-refractivity contribution in [2.45, 2.75) is 30.8 Å². The molecule has 114 valence electrons. The summed E-state index contributed by atoms with van der Waals surface area (Å²) in [5.41, 5.74) is 1.42. The number of carbonyl (C=O) groups is 2. The molecule has 1 amide bonds. The topological polar surface area (TPSA) is 55.8 Å². The molecule has 1 spiro atoms. The van der Waals surface area contributed by atoms with Crippen LogP contribution in [0, 0.1) is 0 Å². The second-order valence-corrected chi connectivity index (χ2v) is 6.09. The molecule has 0 N–H and O–H groups in total. The van der Waals surface area contributed by atoms with E-state index in [0.29, 0.717) is 30.8 Å². The first-order valence-corrected chi connectivity index (χ1v) is 7.43. The fourth-order valence-electron chi connectivity index (χ4n) is 3.86. The Bertz CT molecular complexity index is 724. The molecule has 0 bridgehead atoms. The van der Waals surface area contributed by atoms with Crippen LogP contribution in [-0.2, 0) is 15.0 Å². The molecule has 1 aliphatic carbocycles. The van der Waals surface area contributed by atoms with Crippen LogP contribution >= 0.6 is 0 Å². The van der Waals surface area contributed by atoms with E-state index >= 15 is 0 Å². The Labute approximate surface area is 128 Å². The van der Waals surface area contributed by atoms with Crippen molar-refractivity contribution in [3.05, 3.63) is 29.8 Å². The second-order valence-electron chi connectivity index (χ2n) is 6.09. The smallest absolute Gasteiger partial charge is 0.226 e. The summed E-state index contributed by atoms with van der Waals surface area (Å²) in [5.74, 6) is 1.47. The molecule has 4 rings (SSSR count). The first-order chi connectivity index (χ1) is 10.6. The Kier molecular flexibility index (Phi) is 2.64. The van der Waals surface area contributed by atoms with E-state index in [1.807, 2.05) is 18.2 Å². The summed E-state index contributed by atoms with van der Waals surface area (Å²) in [7, 11) is 3.39. The van der Waals surface area contributed by atoms with E-state index in [1.165, 1.54) is 0 Å². The standard InChI is InChI=1S/C17H17NO4/c1-18-11-3-4-12(21-2)16-15(11)17(8-6-14(18)20)7-5-10(19)9-13(17)22-16/h3-5,7,13H,6,8-9H2,1-2H3. The number of hydrogen-bond acceptors (Lipinski definition) is 4. The van der Waals surface area contributed by atoms with Crippen LogP contribution in [0.5, 0.6) is 11.5 Å². The molecule has 2 atom stereocenters. The lowest BCUT2D eigenvalue weighted by Gasteiger charge is -2.33. The molecule has 5 heteroatoms. The number of amides is 1. The summed E-state index contributed by atoms with van der Waals surface area (Å²) in [6.07, 6.45) is 4.74. The summed E-state index contributed by atoms with van der Waals surface area (Å²) in [6.45, 7) is 0. The van der Waals surface area contributed by atoms with Crippen molar-refractivity contribution in [1.82, 2.24) is 0 Å². The van der Waals surface area contributed by atoms with Crippen LogP contribution in [0.25, 0.3) is 0 Å². The minimum absolute atomic E-state index is 0.0628. The number of methoxy groups -OCH3 is 1. The normalized spacial score (nSPS) is 28.8. The molecular formula is C17H17NO4. The van der Waals surface area contributed by atoms with Gasteiger partial charge in [-0.2, -0.15) is 0 Å². The predicted octanol–water partition coefficient (Wildman–Crippen LogP) is 1.98. The summed E-state index contributed by atoms with van der Waals surface area (Å²) in [5, 5.41) is 0. The minimum Gasteiger partial charge on any atom is -0.493 e. The van der Waals surface area contributed by atoms with Crippen LogP contribution in [0.3, 0.4) is 0 Å². The van der Waals surface area contributed by atoms with Crippen molar-refractivity contribution >= 4 is 17.4 Å². The third-order valence-electron chi connectivity index (χ3n) is 5.06. The maximum absolute atomic E-state index is 12.3. The van der Waals surface area contributed by atoms with Crippen molar-refractivity contribution in [2.24, 2.45) is 0 Å². The van der Waals surface area contributed by atoms with Crippen LogP contribution in [0.15, 0.2) is 24.3 Å². The van der Waals surface area contributed by atoms with Gasteiger partial charge in [-0.05, 0) is 24.6 Å². The van der Waals surface area contributed by atoms with Gasteiger partial charge >= 0.3 is 0 Å². The van der Waals surface area contributed by atoms with E-state index < -0.39 is 5.41 Å². The summed E-state index contributed by atoms with van der Waals surface area (Å²) < 4.78 is 11.5. The van der Waals surface area contributed by atoms with Gasteiger partial charge in [-0.15, -0.1) is 0 Å². The number of benzene rings is 1. The number of nitrogens with zero attached hydrogens (tertiary/aromatic N) is 1. The van der Waals surface area contributed by atoms with Gasteiger partial charge in [-0.1, -0.05) is 6.08 Å². The number of allylic oxidation sites excluding steroid dienone is 1. The number of ketones is 1. The fourth-order valence-corrected chi connectivity index (χ4v) is 3.86. The lowest BCUT2D eigenvalue weighted by molar-refractivity contribution is -0.118. The molecule has 0 aromatic heterocycles. The van der Waals surface area contributed by atoms with Crippen LogP contribution in [0.2, 0.25) is 0 Å². The second kappa shape index (κ2) is 4.35. The number of carbonyl (C=O) groups excluding carboxylic acids is 2. The van der Waals surface area contributed by atoms with Crippen molar-refractivity contribution in [3.63, 3.8) is 0 Å². The zero-order valence-electron chi connectivity index (χ0n) is 12.6. The molecule has 1 aromatic rings. The summed E-state index contributed by atoms with van der Waals surface area (Å²) in [4.78, 5) is 25.8. The van der Waals surface area contributed by atoms with E-state index in [1.54, 1.807) is 25.1 Å². The highest BCUT2D eigenvalue weighted by molar-refractivity contribution is 5.98. The predicted molar refractivity (Wildman–Crippen MR) is 80.5 cm³/mol.